The van der Waals surface area contributed by atoms with Gasteiger partial charge in [0.1, 0.15) is 5.76 Å². The first-order chi connectivity index (χ1) is 13.7. The van der Waals surface area contributed by atoms with Crippen molar-refractivity contribution >= 4 is 22.6 Å². The molecule has 0 saturated carbocycles. The number of nitro groups is 1. The lowest BCUT2D eigenvalue weighted by molar-refractivity contribution is -0.385. The minimum Gasteiger partial charge on any atom is -0.384 e. The van der Waals surface area contributed by atoms with Crippen LogP contribution in [0.25, 0.3) is 11.0 Å². The molecule has 0 aliphatic heterocycles. The standard InChI is InChI=1S/C17H15N5O7/c1-6-8(15(24)21-29-6)4-13(23)18-7-2-9-10(3-7)14-11(5-12(9)22(27)28)19-16(25)17(26)20-14/h5,7H,2-4H2,1H3,(H,18,23)(H,19,25)(H,20,26)(H,21,24). The Balaban J connectivity index is 1.66. The van der Waals surface area contributed by atoms with Crippen LogP contribution in [0.3, 0.4) is 0 Å². The fourth-order valence-electron chi connectivity index (χ4n) is 3.69. The molecule has 0 bridgehead atoms. The van der Waals surface area contributed by atoms with Gasteiger partial charge >= 0.3 is 11.1 Å². The highest BCUT2D eigenvalue weighted by Crippen LogP contribution is 2.35. The molecule has 2 heterocycles. The van der Waals surface area contributed by atoms with Crippen molar-refractivity contribution in [3.05, 3.63) is 69.7 Å². The molecule has 2 aromatic heterocycles. The summed E-state index contributed by atoms with van der Waals surface area (Å²) in [5, 5.41) is 16.4. The number of fused-ring (bicyclic) bond motifs is 3. The van der Waals surface area contributed by atoms with E-state index in [2.05, 4.69) is 20.4 Å². The van der Waals surface area contributed by atoms with E-state index in [1.807, 2.05) is 0 Å². The van der Waals surface area contributed by atoms with Crippen LogP contribution in [0, 0.1) is 17.0 Å². The quantitative estimate of drug-likeness (QED) is 0.259. The van der Waals surface area contributed by atoms with Crippen LogP contribution in [0.1, 0.15) is 22.5 Å². The summed E-state index contributed by atoms with van der Waals surface area (Å²) >= 11 is 0. The molecule has 1 aliphatic rings. The Kier molecular flexibility index (Phi) is 4.18. The number of amides is 1. The van der Waals surface area contributed by atoms with Gasteiger partial charge in [-0.15, -0.1) is 0 Å². The maximum Gasteiger partial charge on any atom is 0.314 e. The lowest BCUT2D eigenvalue weighted by atomic mass is 10.1. The zero-order valence-corrected chi connectivity index (χ0v) is 15.1. The molecule has 3 aromatic rings. The summed E-state index contributed by atoms with van der Waals surface area (Å²) in [7, 11) is 0. The highest BCUT2D eigenvalue weighted by atomic mass is 16.6. The molecule has 1 aliphatic carbocycles. The van der Waals surface area contributed by atoms with E-state index in [-0.39, 0.29) is 36.0 Å². The summed E-state index contributed by atoms with van der Waals surface area (Å²) in [4.78, 5) is 63.0. The minimum absolute atomic E-state index is 0.146. The first-order valence-corrected chi connectivity index (χ1v) is 8.66. The zero-order valence-electron chi connectivity index (χ0n) is 15.1. The van der Waals surface area contributed by atoms with Gasteiger partial charge in [0.15, 0.2) is 0 Å². The second-order valence-corrected chi connectivity index (χ2v) is 6.86. The average Bonchev–Trinajstić information content (AvgIpc) is 3.20. The SMILES string of the molecule is Cc1o[nH]c(=O)c1CC(=O)NC1Cc2c([N+](=O)[O-])cc3[nH]c(=O)c(=O)[nH]c3c2C1. The van der Waals surface area contributed by atoms with E-state index in [0.29, 0.717) is 22.4 Å². The van der Waals surface area contributed by atoms with E-state index in [4.69, 9.17) is 4.52 Å². The lowest BCUT2D eigenvalue weighted by Crippen LogP contribution is -2.37. The van der Waals surface area contributed by atoms with Crippen LogP contribution in [0.2, 0.25) is 0 Å². The van der Waals surface area contributed by atoms with Crippen LogP contribution >= 0.6 is 0 Å². The van der Waals surface area contributed by atoms with Crippen molar-refractivity contribution in [3.8, 4) is 0 Å². The number of aromatic amines is 3. The Labute approximate surface area is 160 Å². The van der Waals surface area contributed by atoms with Crippen LogP contribution in [-0.4, -0.2) is 32.0 Å². The Bertz CT molecular complexity index is 1340. The molecule has 12 nitrogen and oxygen atoms in total. The number of hydrogen-bond acceptors (Lipinski definition) is 7. The summed E-state index contributed by atoms with van der Waals surface area (Å²) < 4.78 is 4.87. The molecule has 1 aromatic carbocycles. The number of nitrogens with zero attached hydrogens (tertiary/aromatic N) is 1. The van der Waals surface area contributed by atoms with Gasteiger partial charge < -0.3 is 19.8 Å². The Hall–Kier alpha value is -3.96. The minimum atomic E-state index is -0.907. The van der Waals surface area contributed by atoms with Gasteiger partial charge in [-0.25, -0.2) is 0 Å². The van der Waals surface area contributed by atoms with Gasteiger partial charge in [0.05, 0.1) is 27.9 Å². The van der Waals surface area contributed by atoms with Crippen molar-refractivity contribution in [2.75, 3.05) is 0 Å². The van der Waals surface area contributed by atoms with Crippen molar-refractivity contribution < 1.29 is 14.2 Å². The maximum absolute atomic E-state index is 12.4. The van der Waals surface area contributed by atoms with E-state index in [1.54, 1.807) is 6.92 Å². The van der Waals surface area contributed by atoms with E-state index < -0.39 is 33.6 Å². The molecule has 1 unspecified atom stereocenters. The number of aryl methyl sites for hydroxylation is 1. The molecular formula is C17H15N5O7. The fraction of sp³-hybridized carbons (Fsp3) is 0.294. The van der Waals surface area contributed by atoms with E-state index in [0.717, 1.165) is 0 Å². The number of carbonyl (C=O) groups excluding carboxylic acids is 1. The topological polar surface area (TPSA) is 184 Å². The Morgan fingerprint density at radius 3 is 2.55 bits per heavy atom. The molecule has 0 fully saturated rings. The van der Waals surface area contributed by atoms with Crippen molar-refractivity contribution in [2.45, 2.75) is 32.2 Å². The molecule has 0 radical (unpaired) electrons. The van der Waals surface area contributed by atoms with Crippen LogP contribution in [0.4, 0.5) is 5.69 Å². The number of carbonyl (C=O) groups is 1. The monoisotopic (exact) mass is 401 g/mol. The van der Waals surface area contributed by atoms with Gasteiger partial charge in [0.25, 0.3) is 11.2 Å². The summed E-state index contributed by atoms with van der Waals surface area (Å²) in [6, 6.07) is 0.730. The van der Waals surface area contributed by atoms with Gasteiger partial charge in [-0.2, -0.15) is 5.16 Å². The summed E-state index contributed by atoms with van der Waals surface area (Å²) in [5.41, 5.74) is -0.938. The van der Waals surface area contributed by atoms with Crippen LogP contribution in [0.5, 0.6) is 0 Å². The highest BCUT2D eigenvalue weighted by molar-refractivity contribution is 5.84. The van der Waals surface area contributed by atoms with Crippen LogP contribution in [-0.2, 0) is 24.1 Å². The van der Waals surface area contributed by atoms with Gasteiger partial charge in [0, 0.05) is 24.1 Å². The van der Waals surface area contributed by atoms with Crippen LogP contribution < -0.4 is 22.0 Å². The summed E-state index contributed by atoms with van der Waals surface area (Å²) in [6.07, 6.45) is 0.203. The van der Waals surface area contributed by atoms with Crippen molar-refractivity contribution in [1.29, 1.82) is 0 Å². The molecule has 1 atom stereocenters. The summed E-state index contributed by atoms with van der Waals surface area (Å²) in [5.74, 6) is -0.130. The Morgan fingerprint density at radius 2 is 1.90 bits per heavy atom. The smallest absolute Gasteiger partial charge is 0.314 e. The average molecular weight is 401 g/mol. The molecule has 4 N–H and O–H groups in total. The van der Waals surface area contributed by atoms with E-state index in [1.165, 1.54) is 6.07 Å². The third-order valence-electron chi connectivity index (χ3n) is 5.01. The molecule has 0 saturated heterocycles. The van der Waals surface area contributed by atoms with Gasteiger partial charge in [0.2, 0.25) is 5.91 Å². The van der Waals surface area contributed by atoms with Crippen molar-refractivity contribution in [3.63, 3.8) is 0 Å². The third kappa shape index (κ3) is 3.13. The zero-order chi connectivity index (χ0) is 20.9. The highest BCUT2D eigenvalue weighted by Gasteiger charge is 2.32. The molecule has 1 amide bonds. The normalized spacial score (nSPS) is 15.4. The van der Waals surface area contributed by atoms with Gasteiger partial charge in [-0.3, -0.25) is 29.3 Å². The number of rotatable bonds is 4. The second kappa shape index (κ2) is 6.58. The predicted octanol–water partition coefficient (Wildman–Crippen LogP) is -0.460. The molecule has 29 heavy (non-hydrogen) atoms. The van der Waals surface area contributed by atoms with Gasteiger partial charge in [-0.05, 0) is 18.9 Å². The Morgan fingerprint density at radius 1 is 1.21 bits per heavy atom. The molecule has 0 spiro atoms. The van der Waals surface area contributed by atoms with E-state index >= 15 is 0 Å². The van der Waals surface area contributed by atoms with Crippen molar-refractivity contribution in [2.24, 2.45) is 0 Å². The summed E-state index contributed by atoms with van der Waals surface area (Å²) in [6.45, 7) is 1.55. The predicted molar refractivity (Wildman–Crippen MR) is 99.0 cm³/mol. The number of benzene rings is 1. The van der Waals surface area contributed by atoms with E-state index in [9.17, 15) is 29.3 Å². The second-order valence-electron chi connectivity index (χ2n) is 6.86. The first kappa shape index (κ1) is 18.4. The number of hydrogen-bond donors (Lipinski definition) is 4. The number of H-pyrrole nitrogens is 3. The fourth-order valence-corrected chi connectivity index (χ4v) is 3.69. The van der Waals surface area contributed by atoms with Crippen molar-refractivity contribution in [1.82, 2.24) is 20.4 Å². The molecular weight excluding hydrogens is 386 g/mol. The maximum atomic E-state index is 12.4. The largest absolute Gasteiger partial charge is 0.384 e. The molecule has 12 heteroatoms. The van der Waals surface area contributed by atoms with Gasteiger partial charge in [-0.1, -0.05) is 0 Å². The number of aromatic nitrogens is 3. The molecule has 150 valence electrons. The lowest BCUT2D eigenvalue weighted by Gasteiger charge is -2.11. The first-order valence-electron chi connectivity index (χ1n) is 8.66. The number of nitro benzene ring substituents is 1. The third-order valence-corrected chi connectivity index (χ3v) is 5.01. The van der Waals surface area contributed by atoms with Crippen LogP contribution in [0.15, 0.2) is 25.0 Å². The molecule has 4 rings (SSSR count). The number of nitrogens with one attached hydrogen (secondary N) is 4.